The largest absolute Gasteiger partial charge is 0.398 e. The van der Waals surface area contributed by atoms with Crippen molar-refractivity contribution in [1.29, 1.82) is 0 Å². The standard InChI is InChI=1S/C12H8FN3S2/c13-8-6-9(14)7-2-1-3-15-10(7)11(8)18-12-16-4-5-17-12/h1-6H,14H2. The van der Waals surface area contributed by atoms with E-state index < -0.39 is 0 Å². The van der Waals surface area contributed by atoms with E-state index in [-0.39, 0.29) is 5.82 Å². The lowest BCUT2D eigenvalue weighted by Gasteiger charge is -2.07. The van der Waals surface area contributed by atoms with Gasteiger partial charge in [0.15, 0.2) is 4.34 Å². The van der Waals surface area contributed by atoms with E-state index in [2.05, 4.69) is 9.97 Å². The minimum atomic E-state index is -0.362. The van der Waals surface area contributed by atoms with E-state index in [0.717, 1.165) is 9.73 Å². The summed E-state index contributed by atoms with van der Waals surface area (Å²) in [4.78, 5) is 8.82. The molecule has 0 unspecified atom stereocenters. The molecular formula is C12H8FN3S2. The smallest absolute Gasteiger partial charge is 0.154 e. The van der Waals surface area contributed by atoms with Crippen molar-refractivity contribution in [2.24, 2.45) is 0 Å². The molecule has 0 bridgehead atoms. The number of nitrogens with two attached hydrogens (primary N) is 1. The minimum Gasteiger partial charge on any atom is -0.398 e. The second-order valence-electron chi connectivity index (χ2n) is 3.58. The van der Waals surface area contributed by atoms with E-state index in [4.69, 9.17) is 5.73 Å². The monoisotopic (exact) mass is 277 g/mol. The molecule has 2 heterocycles. The average Bonchev–Trinajstić information content (AvgIpc) is 2.87. The fourth-order valence-corrected chi connectivity index (χ4v) is 3.33. The quantitative estimate of drug-likeness (QED) is 0.728. The van der Waals surface area contributed by atoms with Crippen LogP contribution < -0.4 is 5.73 Å². The lowest BCUT2D eigenvalue weighted by Crippen LogP contribution is -1.94. The van der Waals surface area contributed by atoms with Crippen LogP contribution in [0.4, 0.5) is 10.1 Å². The third-order valence-electron chi connectivity index (χ3n) is 2.43. The van der Waals surface area contributed by atoms with E-state index in [1.54, 1.807) is 18.5 Å². The second-order valence-corrected chi connectivity index (χ2v) is 5.73. The van der Waals surface area contributed by atoms with Crippen LogP contribution in [-0.2, 0) is 0 Å². The highest BCUT2D eigenvalue weighted by Crippen LogP contribution is 2.37. The van der Waals surface area contributed by atoms with Gasteiger partial charge in [-0.25, -0.2) is 9.37 Å². The molecule has 3 rings (SSSR count). The Kier molecular flexibility index (Phi) is 2.89. The van der Waals surface area contributed by atoms with Crippen LogP contribution in [0.15, 0.2) is 45.2 Å². The number of fused-ring (bicyclic) bond motifs is 1. The summed E-state index contributed by atoms with van der Waals surface area (Å²) in [6.07, 6.45) is 3.32. The maximum Gasteiger partial charge on any atom is 0.154 e. The Morgan fingerprint density at radius 1 is 1.28 bits per heavy atom. The van der Waals surface area contributed by atoms with Gasteiger partial charge in [-0.05, 0) is 18.2 Å². The molecule has 0 radical (unpaired) electrons. The highest BCUT2D eigenvalue weighted by molar-refractivity contribution is 8.01. The summed E-state index contributed by atoms with van der Waals surface area (Å²) in [5.74, 6) is -0.362. The number of benzene rings is 1. The molecule has 1 aromatic carbocycles. The highest BCUT2D eigenvalue weighted by Gasteiger charge is 2.14. The number of aromatic nitrogens is 2. The fraction of sp³-hybridized carbons (Fsp3) is 0. The number of thiazole rings is 1. The van der Waals surface area contributed by atoms with Crippen LogP contribution in [0, 0.1) is 5.82 Å². The molecule has 3 nitrogen and oxygen atoms in total. The fourth-order valence-electron chi connectivity index (χ4n) is 1.66. The van der Waals surface area contributed by atoms with Crippen molar-refractivity contribution in [3.8, 4) is 0 Å². The van der Waals surface area contributed by atoms with Gasteiger partial charge >= 0.3 is 0 Å². The zero-order valence-electron chi connectivity index (χ0n) is 9.13. The van der Waals surface area contributed by atoms with Gasteiger partial charge in [0.05, 0.1) is 10.4 Å². The highest BCUT2D eigenvalue weighted by atomic mass is 32.2. The molecule has 0 saturated heterocycles. The molecular weight excluding hydrogens is 269 g/mol. The summed E-state index contributed by atoms with van der Waals surface area (Å²) in [5.41, 5.74) is 6.78. The van der Waals surface area contributed by atoms with Crippen molar-refractivity contribution < 1.29 is 4.39 Å². The van der Waals surface area contributed by atoms with Crippen molar-refractivity contribution in [2.75, 3.05) is 5.73 Å². The molecule has 0 saturated carbocycles. The van der Waals surface area contributed by atoms with E-state index in [0.29, 0.717) is 16.1 Å². The molecule has 0 fully saturated rings. The Hall–Kier alpha value is -1.66. The molecule has 0 amide bonds. The number of rotatable bonds is 2. The topological polar surface area (TPSA) is 51.8 Å². The molecule has 0 spiro atoms. The van der Waals surface area contributed by atoms with Gasteiger partial charge in [-0.2, -0.15) is 0 Å². The molecule has 2 aromatic heterocycles. The lowest BCUT2D eigenvalue weighted by molar-refractivity contribution is 0.605. The summed E-state index contributed by atoms with van der Waals surface area (Å²) in [6, 6.07) is 4.96. The summed E-state index contributed by atoms with van der Waals surface area (Å²) in [5, 5.41) is 2.62. The molecule has 3 aromatic rings. The van der Waals surface area contributed by atoms with E-state index >= 15 is 0 Å². The Balaban J connectivity index is 2.21. The van der Waals surface area contributed by atoms with Gasteiger partial charge in [0.25, 0.3) is 0 Å². The van der Waals surface area contributed by atoms with E-state index in [1.807, 2.05) is 11.4 Å². The third-order valence-corrected chi connectivity index (χ3v) is 4.41. The molecule has 2 N–H and O–H groups in total. The molecule has 0 atom stereocenters. The SMILES string of the molecule is Nc1cc(F)c(Sc2nccs2)c2ncccc12. The number of anilines is 1. The molecule has 0 aliphatic heterocycles. The molecule has 6 heteroatoms. The number of pyridine rings is 1. The van der Waals surface area contributed by atoms with Crippen LogP contribution >= 0.6 is 23.1 Å². The number of nitrogen functional groups attached to an aromatic ring is 1. The molecule has 0 aliphatic carbocycles. The molecule has 18 heavy (non-hydrogen) atoms. The van der Waals surface area contributed by atoms with Crippen LogP contribution in [0.25, 0.3) is 10.9 Å². The van der Waals surface area contributed by atoms with E-state index in [9.17, 15) is 4.39 Å². The van der Waals surface area contributed by atoms with Crippen molar-refractivity contribution in [3.63, 3.8) is 0 Å². The van der Waals surface area contributed by atoms with Crippen molar-refractivity contribution in [2.45, 2.75) is 9.24 Å². The van der Waals surface area contributed by atoms with Crippen LogP contribution in [-0.4, -0.2) is 9.97 Å². The van der Waals surface area contributed by atoms with Gasteiger partial charge in [-0.3, -0.25) is 4.98 Å². The third kappa shape index (κ3) is 1.93. The summed E-state index contributed by atoms with van der Waals surface area (Å²) in [6.45, 7) is 0. The predicted molar refractivity (Wildman–Crippen MR) is 72.4 cm³/mol. The normalized spacial score (nSPS) is 10.9. The Morgan fingerprint density at radius 3 is 2.94 bits per heavy atom. The van der Waals surface area contributed by atoms with Gasteiger partial charge in [-0.15, -0.1) is 11.3 Å². The van der Waals surface area contributed by atoms with Gasteiger partial charge in [0, 0.05) is 28.8 Å². The maximum atomic E-state index is 14.0. The average molecular weight is 277 g/mol. The first kappa shape index (κ1) is 11.4. The van der Waals surface area contributed by atoms with Crippen molar-refractivity contribution in [1.82, 2.24) is 9.97 Å². The molecule has 90 valence electrons. The zero-order chi connectivity index (χ0) is 12.5. The maximum absolute atomic E-state index is 14.0. The van der Waals surface area contributed by atoms with Crippen LogP contribution in [0.2, 0.25) is 0 Å². The van der Waals surface area contributed by atoms with Crippen molar-refractivity contribution >= 4 is 39.7 Å². The van der Waals surface area contributed by atoms with Gasteiger partial charge in [-0.1, -0.05) is 11.8 Å². The van der Waals surface area contributed by atoms with Crippen LogP contribution in [0.5, 0.6) is 0 Å². The second kappa shape index (κ2) is 4.55. The minimum absolute atomic E-state index is 0.362. The summed E-state index contributed by atoms with van der Waals surface area (Å²) < 4.78 is 14.8. The lowest BCUT2D eigenvalue weighted by atomic mass is 10.2. The summed E-state index contributed by atoms with van der Waals surface area (Å²) in [7, 11) is 0. The number of halogens is 1. The first-order valence-corrected chi connectivity index (χ1v) is 6.85. The van der Waals surface area contributed by atoms with Crippen LogP contribution in [0.1, 0.15) is 0 Å². The Morgan fingerprint density at radius 2 is 2.17 bits per heavy atom. The summed E-state index contributed by atoms with van der Waals surface area (Å²) >= 11 is 2.74. The van der Waals surface area contributed by atoms with Crippen molar-refractivity contribution in [3.05, 3.63) is 41.8 Å². The predicted octanol–water partition coefficient (Wildman–Crippen LogP) is 3.56. The number of nitrogens with zero attached hydrogens (tertiary/aromatic N) is 2. The Bertz CT molecular complexity index is 698. The number of hydrogen-bond acceptors (Lipinski definition) is 5. The molecule has 0 aliphatic rings. The van der Waals surface area contributed by atoms with Gasteiger partial charge in [0.1, 0.15) is 5.82 Å². The zero-order valence-corrected chi connectivity index (χ0v) is 10.8. The van der Waals surface area contributed by atoms with Crippen LogP contribution in [0.3, 0.4) is 0 Å². The first-order valence-electron chi connectivity index (χ1n) is 5.16. The van der Waals surface area contributed by atoms with Gasteiger partial charge in [0.2, 0.25) is 0 Å². The van der Waals surface area contributed by atoms with Gasteiger partial charge < -0.3 is 5.73 Å². The first-order chi connectivity index (χ1) is 8.75. The van der Waals surface area contributed by atoms with E-state index in [1.165, 1.54) is 29.2 Å². The Labute approximate surface area is 111 Å². The number of hydrogen-bond donors (Lipinski definition) is 1.